The molecule has 0 spiro atoms. The number of carboxylic acid groups (broad SMARTS) is 1. The van der Waals surface area contributed by atoms with Crippen LogP contribution < -0.4 is 5.32 Å². The second-order valence-corrected chi connectivity index (χ2v) is 5.70. The van der Waals surface area contributed by atoms with Crippen molar-refractivity contribution in [2.24, 2.45) is 10.8 Å². The van der Waals surface area contributed by atoms with Crippen LogP contribution in [-0.2, 0) is 9.59 Å². The van der Waals surface area contributed by atoms with Crippen molar-refractivity contribution in [2.45, 2.75) is 45.4 Å². The first kappa shape index (κ1) is 11.4. The molecule has 4 nitrogen and oxygen atoms in total. The molecule has 0 saturated heterocycles. The lowest BCUT2D eigenvalue weighted by Gasteiger charge is -2.37. The topological polar surface area (TPSA) is 66.4 Å². The Labute approximate surface area is 95.4 Å². The van der Waals surface area contributed by atoms with Crippen molar-refractivity contribution in [3.63, 3.8) is 0 Å². The minimum Gasteiger partial charge on any atom is -0.481 e. The van der Waals surface area contributed by atoms with E-state index in [0.717, 1.165) is 19.3 Å². The van der Waals surface area contributed by atoms with Crippen LogP contribution in [0.4, 0.5) is 0 Å². The van der Waals surface area contributed by atoms with E-state index in [-0.39, 0.29) is 17.7 Å². The van der Waals surface area contributed by atoms with Gasteiger partial charge in [0.1, 0.15) is 0 Å². The number of amides is 1. The maximum Gasteiger partial charge on any atom is 0.310 e. The molecule has 0 bridgehead atoms. The first-order valence-electron chi connectivity index (χ1n) is 5.96. The van der Waals surface area contributed by atoms with Crippen LogP contribution >= 0.6 is 0 Å². The molecule has 0 heterocycles. The molecule has 90 valence electrons. The van der Waals surface area contributed by atoms with Gasteiger partial charge in [0.05, 0.1) is 5.41 Å². The van der Waals surface area contributed by atoms with Gasteiger partial charge >= 0.3 is 5.97 Å². The lowest BCUT2D eigenvalue weighted by Crippen LogP contribution is -2.43. The third kappa shape index (κ3) is 2.20. The molecule has 2 rings (SSSR count). The van der Waals surface area contributed by atoms with Gasteiger partial charge < -0.3 is 10.4 Å². The Balaban J connectivity index is 1.79. The lowest BCUT2D eigenvalue weighted by molar-refractivity contribution is -0.157. The minimum absolute atomic E-state index is 0.102. The Kier molecular flexibility index (Phi) is 2.68. The Hall–Kier alpha value is -1.06. The molecule has 0 aromatic heterocycles. The second-order valence-electron chi connectivity index (χ2n) is 5.70. The molecule has 2 aliphatic carbocycles. The summed E-state index contributed by atoms with van der Waals surface area (Å²) in [4.78, 5) is 22.7. The predicted molar refractivity (Wildman–Crippen MR) is 58.9 cm³/mol. The number of carbonyl (C=O) groups is 2. The SMILES string of the molecule is CC1(CNC(=O)CC2(C(=O)O)CCC2)CC1. The van der Waals surface area contributed by atoms with Gasteiger partial charge in [-0.3, -0.25) is 9.59 Å². The molecule has 0 atom stereocenters. The van der Waals surface area contributed by atoms with Gasteiger partial charge in [-0.1, -0.05) is 13.3 Å². The van der Waals surface area contributed by atoms with Crippen LogP contribution in [0.1, 0.15) is 45.4 Å². The van der Waals surface area contributed by atoms with Crippen LogP contribution in [0.2, 0.25) is 0 Å². The molecule has 2 aliphatic rings. The molecule has 16 heavy (non-hydrogen) atoms. The molecule has 2 saturated carbocycles. The quantitative estimate of drug-likeness (QED) is 0.746. The highest BCUT2D eigenvalue weighted by Crippen LogP contribution is 2.45. The van der Waals surface area contributed by atoms with Crippen molar-refractivity contribution in [1.82, 2.24) is 5.32 Å². The zero-order valence-electron chi connectivity index (χ0n) is 9.71. The summed E-state index contributed by atoms with van der Waals surface area (Å²) in [6.45, 7) is 2.84. The van der Waals surface area contributed by atoms with Gasteiger partial charge in [-0.15, -0.1) is 0 Å². The van der Waals surface area contributed by atoms with Gasteiger partial charge in [0.25, 0.3) is 0 Å². The van der Waals surface area contributed by atoms with Crippen molar-refractivity contribution in [2.75, 3.05) is 6.54 Å². The molecular formula is C12H19NO3. The summed E-state index contributed by atoms with van der Waals surface area (Å²) >= 11 is 0. The summed E-state index contributed by atoms with van der Waals surface area (Å²) in [5.41, 5.74) is -0.472. The van der Waals surface area contributed by atoms with Gasteiger partial charge in [-0.2, -0.15) is 0 Å². The van der Waals surface area contributed by atoms with Crippen LogP contribution in [0.25, 0.3) is 0 Å². The maximum absolute atomic E-state index is 11.7. The van der Waals surface area contributed by atoms with Crippen LogP contribution in [0.3, 0.4) is 0 Å². The molecule has 4 heteroatoms. The van der Waals surface area contributed by atoms with Gasteiger partial charge in [-0.25, -0.2) is 0 Å². The zero-order valence-corrected chi connectivity index (χ0v) is 9.71. The van der Waals surface area contributed by atoms with E-state index in [2.05, 4.69) is 12.2 Å². The molecular weight excluding hydrogens is 206 g/mol. The molecule has 1 amide bonds. The predicted octanol–water partition coefficient (Wildman–Crippen LogP) is 1.55. The van der Waals surface area contributed by atoms with E-state index in [1.165, 1.54) is 0 Å². The van der Waals surface area contributed by atoms with E-state index in [0.29, 0.717) is 19.4 Å². The highest BCUT2D eigenvalue weighted by atomic mass is 16.4. The van der Waals surface area contributed by atoms with Crippen LogP contribution in [0, 0.1) is 10.8 Å². The number of hydrogen-bond acceptors (Lipinski definition) is 2. The van der Waals surface area contributed by atoms with E-state index in [4.69, 9.17) is 5.11 Å². The highest BCUT2D eigenvalue weighted by Gasteiger charge is 2.46. The first-order chi connectivity index (χ1) is 7.46. The largest absolute Gasteiger partial charge is 0.481 e. The fourth-order valence-electron chi connectivity index (χ4n) is 2.14. The standard InChI is InChI=1S/C12H19NO3/c1-11(5-6-11)8-13-9(14)7-12(10(15)16)3-2-4-12/h2-8H2,1H3,(H,13,14)(H,15,16). The van der Waals surface area contributed by atoms with Crippen molar-refractivity contribution < 1.29 is 14.7 Å². The number of nitrogens with one attached hydrogen (secondary N) is 1. The fourth-order valence-corrected chi connectivity index (χ4v) is 2.14. The third-order valence-electron chi connectivity index (χ3n) is 4.08. The van der Waals surface area contributed by atoms with Gasteiger partial charge in [0.15, 0.2) is 0 Å². The number of carboxylic acids is 1. The van der Waals surface area contributed by atoms with Gasteiger partial charge in [0, 0.05) is 13.0 Å². The van der Waals surface area contributed by atoms with Crippen LogP contribution in [0.15, 0.2) is 0 Å². The van der Waals surface area contributed by atoms with E-state index in [9.17, 15) is 9.59 Å². The first-order valence-corrected chi connectivity index (χ1v) is 5.96. The number of hydrogen-bond donors (Lipinski definition) is 2. The van der Waals surface area contributed by atoms with Crippen molar-refractivity contribution in [3.8, 4) is 0 Å². The normalized spacial score (nSPS) is 24.3. The Morgan fingerprint density at radius 3 is 2.25 bits per heavy atom. The Morgan fingerprint density at radius 1 is 1.25 bits per heavy atom. The average Bonchev–Trinajstić information content (AvgIpc) is 2.87. The van der Waals surface area contributed by atoms with Gasteiger partial charge in [-0.05, 0) is 31.1 Å². The smallest absolute Gasteiger partial charge is 0.310 e. The minimum atomic E-state index is -0.813. The summed E-state index contributed by atoms with van der Waals surface area (Å²) in [7, 11) is 0. The summed E-state index contributed by atoms with van der Waals surface area (Å²) in [5.74, 6) is -0.915. The summed E-state index contributed by atoms with van der Waals surface area (Å²) in [5, 5.41) is 12.0. The van der Waals surface area contributed by atoms with Crippen molar-refractivity contribution in [1.29, 1.82) is 0 Å². The Morgan fingerprint density at radius 2 is 1.88 bits per heavy atom. The zero-order chi connectivity index (χ0) is 11.8. The second kappa shape index (κ2) is 3.75. The van der Waals surface area contributed by atoms with Crippen molar-refractivity contribution in [3.05, 3.63) is 0 Å². The molecule has 0 unspecified atom stereocenters. The molecule has 2 fully saturated rings. The van der Waals surface area contributed by atoms with E-state index in [1.54, 1.807) is 0 Å². The lowest BCUT2D eigenvalue weighted by atomic mass is 9.66. The number of rotatable bonds is 5. The molecule has 0 aliphatic heterocycles. The third-order valence-corrected chi connectivity index (χ3v) is 4.08. The maximum atomic E-state index is 11.7. The number of aliphatic carboxylic acids is 1. The van der Waals surface area contributed by atoms with Gasteiger partial charge in [0.2, 0.25) is 5.91 Å². The molecule has 0 radical (unpaired) electrons. The molecule has 0 aromatic carbocycles. The molecule has 2 N–H and O–H groups in total. The van der Waals surface area contributed by atoms with Crippen LogP contribution in [-0.4, -0.2) is 23.5 Å². The van der Waals surface area contributed by atoms with Crippen LogP contribution in [0.5, 0.6) is 0 Å². The molecule has 0 aromatic rings. The Bertz CT molecular complexity index is 316. The summed E-state index contributed by atoms with van der Waals surface area (Å²) < 4.78 is 0. The van der Waals surface area contributed by atoms with E-state index < -0.39 is 11.4 Å². The van der Waals surface area contributed by atoms with E-state index >= 15 is 0 Å². The monoisotopic (exact) mass is 225 g/mol. The van der Waals surface area contributed by atoms with E-state index in [1.807, 2.05) is 0 Å². The van der Waals surface area contributed by atoms with Crippen molar-refractivity contribution >= 4 is 11.9 Å². The summed E-state index contributed by atoms with van der Waals surface area (Å²) in [6, 6.07) is 0. The fraction of sp³-hybridized carbons (Fsp3) is 0.833. The average molecular weight is 225 g/mol. The number of carbonyl (C=O) groups excluding carboxylic acids is 1. The highest BCUT2D eigenvalue weighted by molar-refractivity contribution is 5.85. The summed E-state index contributed by atoms with van der Waals surface area (Å²) in [6.07, 6.45) is 4.70.